The zero-order chi connectivity index (χ0) is 13.2. The number of aryl methyl sites for hydroxylation is 1. The molecule has 1 aromatic rings. The second kappa shape index (κ2) is 5.19. The fraction of sp³-hybridized carbons (Fsp3) is 0.636. The molecule has 0 aromatic carbocycles. The van der Waals surface area contributed by atoms with Crippen LogP contribution in [0.4, 0.5) is 0 Å². The summed E-state index contributed by atoms with van der Waals surface area (Å²) < 4.78 is 24.5. The molecule has 7 heteroatoms. The summed E-state index contributed by atoms with van der Waals surface area (Å²) in [7, 11) is -1.19. The van der Waals surface area contributed by atoms with Gasteiger partial charge in [-0.25, -0.2) is 8.42 Å². The van der Waals surface area contributed by atoms with Gasteiger partial charge in [-0.3, -0.25) is 9.48 Å². The van der Waals surface area contributed by atoms with Gasteiger partial charge in [-0.15, -0.1) is 0 Å². The van der Waals surface area contributed by atoms with Crippen molar-refractivity contribution in [1.82, 2.24) is 15.1 Å². The molecule has 1 aliphatic rings. The zero-order valence-corrected chi connectivity index (χ0v) is 11.1. The van der Waals surface area contributed by atoms with Crippen LogP contribution in [0, 0.1) is 0 Å². The Labute approximate surface area is 106 Å². The van der Waals surface area contributed by atoms with Crippen LogP contribution in [0.2, 0.25) is 0 Å². The van der Waals surface area contributed by atoms with E-state index in [0.717, 1.165) is 5.69 Å². The predicted molar refractivity (Wildman–Crippen MR) is 67.0 cm³/mol. The maximum Gasteiger partial charge on any atom is 0.153 e. The van der Waals surface area contributed by atoms with Crippen LogP contribution in [-0.2, 0) is 28.1 Å². The van der Waals surface area contributed by atoms with Crippen LogP contribution in [0.25, 0.3) is 0 Å². The maximum absolute atomic E-state index is 11.8. The molecule has 18 heavy (non-hydrogen) atoms. The average molecular weight is 271 g/mol. The number of hydrogen-bond acceptors (Lipinski definition) is 5. The van der Waals surface area contributed by atoms with Crippen LogP contribution in [0.15, 0.2) is 12.3 Å². The van der Waals surface area contributed by atoms with Gasteiger partial charge in [0.1, 0.15) is 5.78 Å². The lowest BCUT2D eigenvalue weighted by Crippen LogP contribution is -2.46. The number of carbonyl (C=O) groups excluding carboxylic acids is 1. The minimum Gasteiger partial charge on any atom is -0.312 e. The van der Waals surface area contributed by atoms with Gasteiger partial charge in [0.2, 0.25) is 0 Å². The van der Waals surface area contributed by atoms with Gasteiger partial charge >= 0.3 is 0 Å². The van der Waals surface area contributed by atoms with Crippen molar-refractivity contribution in [3.8, 4) is 0 Å². The molecule has 0 aliphatic carbocycles. The van der Waals surface area contributed by atoms with E-state index in [9.17, 15) is 13.2 Å². The number of nitrogens with zero attached hydrogens (tertiary/aromatic N) is 2. The first-order valence-corrected chi connectivity index (χ1v) is 7.71. The van der Waals surface area contributed by atoms with Crippen molar-refractivity contribution in [2.45, 2.75) is 18.9 Å². The van der Waals surface area contributed by atoms with E-state index in [0.29, 0.717) is 6.54 Å². The third-order valence-electron chi connectivity index (χ3n) is 2.92. The van der Waals surface area contributed by atoms with Crippen molar-refractivity contribution >= 4 is 15.6 Å². The van der Waals surface area contributed by atoms with Gasteiger partial charge in [0.15, 0.2) is 9.84 Å². The number of carbonyl (C=O) groups is 1. The fourth-order valence-corrected chi connectivity index (χ4v) is 3.55. The third kappa shape index (κ3) is 3.64. The lowest BCUT2D eigenvalue weighted by atomic mass is 10.1. The van der Waals surface area contributed by atoms with Gasteiger partial charge in [0.05, 0.1) is 23.6 Å². The zero-order valence-electron chi connectivity index (χ0n) is 10.3. The Hall–Kier alpha value is -1.21. The number of hydrogen-bond donors (Lipinski definition) is 1. The fourth-order valence-electron chi connectivity index (χ4n) is 2.10. The van der Waals surface area contributed by atoms with Gasteiger partial charge in [0.25, 0.3) is 0 Å². The topological polar surface area (TPSA) is 81.1 Å². The Kier molecular flexibility index (Phi) is 3.82. The Morgan fingerprint density at radius 1 is 1.61 bits per heavy atom. The average Bonchev–Trinajstić information content (AvgIpc) is 2.62. The van der Waals surface area contributed by atoms with E-state index in [1.807, 2.05) is 0 Å². The number of sulfone groups is 1. The van der Waals surface area contributed by atoms with Crippen LogP contribution in [0.5, 0.6) is 0 Å². The highest BCUT2D eigenvalue weighted by molar-refractivity contribution is 7.91. The summed E-state index contributed by atoms with van der Waals surface area (Å²) in [5.41, 5.74) is 0.723. The van der Waals surface area contributed by atoms with Crippen molar-refractivity contribution in [2.24, 2.45) is 7.05 Å². The normalized spacial score (nSPS) is 22.8. The summed E-state index contributed by atoms with van der Waals surface area (Å²) >= 11 is 0. The number of Topliss-reactive ketones (excluding diaryl/α,β-unsaturated/α-hetero) is 1. The first-order chi connectivity index (χ1) is 8.44. The Bertz CT molecular complexity index is 535. The third-order valence-corrected chi connectivity index (χ3v) is 4.66. The molecule has 0 amide bonds. The van der Waals surface area contributed by atoms with E-state index in [1.165, 1.54) is 0 Å². The van der Waals surface area contributed by atoms with Crippen molar-refractivity contribution in [1.29, 1.82) is 0 Å². The van der Waals surface area contributed by atoms with Gasteiger partial charge in [-0.1, -0.05) is 0 Å². The first-order valence-electron chi connectivity index (χ1n) is 5.89. The van der Waals surface area contributed by atoms with E-state index in [4.69, 9.17) is 0 Å². The van der Waals surface area contributed by atoms with E-state index >= 15 is 0 Å². The van der Waals surface area contributed by atoms with Gasteiger partial charge in [-0.05, 0) is 6.07 Å². The highest BCUT2D eigenvalue weighted by Crippen LogP contribution is 2.07. The smallest absolute Gasteiger partial charge is 0.153 e. The lowest BCUT2D eigenvalue weighted by Gasteiger charge is -2.22. The van der Waals surface area contributed by atoms with E-state index in [1.54, 1.807) is 24.0 Å². The Morgan fingerprint density at radius 3 is 3.00 bits per heavy atom. The Morgan fingerprint density at radius 2 is 2.39 bits per heavy atom. The van der Waals surface area contributed by atoms with E-state index < -0.39 is 9.84 Å². The Balaban J connectivity index is 1.88. The molecule has 0 radical (unpaired) electrons. The summed E-state index contributed by atoms with van der Waals surface area (Å²) in [6.45, 7) is 0.434. The molecule has 2 rings (SSSR count). The lowest BCUT2D eigenvalue weighted by molar-refractivity contribution is -0.118. The number of rotatable bonds is 4. The molecule has 0 spiro atoms. The van der Waals surface area contributed by atoms with E-state index in [-0.39, 0.29) is 36.2 Å². The molecule has 100 valence electrons. The van der Waals surface area contributed by atoms with Gasteiger partial charge < -0.3 is 5.32 Å². The predicted octanol–water partition coefficient (Wildman–Crippen LogP) is -0.692. The molecule has 2 heterocycles. The molecule has 1 atom stereocenters. The highest BCUT2D eigenvalue weighted by atomic mass is 32.2. The first kappa shape index (κ1) is 13.2. The molecular weight excluding hydrogens is 254 g/mol. The number of ketones is 1. The van der Waals surface area contributed by atoms with E-state index in [2.05, 4.69) is 10.4 Å². The summed E-state index contributed by atoms with van der Waals surface area (Å²) in [5.74, 6) is 0.238. The van der Waals surface area contributed by atoms with Crippen LogP contribution in [-0.4, -0.2) is 48.1 Å². The van der Waals surface area contributed by atoms with Crippen molar-refractivity contribution < 1.29 is 13.2 Å². The number of aromatic nitrogens is 2. The molecule has 6 nitrogen and oxygen atoms in total. The van der Waals surface area contributed by atoms with Crippen LogP contribution >= 0.6 is 0 Å². The second-order valence-corrected chi connectivity index (χ2v) is 6.89. The quantitative estimate of drug-likeness (QED) is 0.784. The molecule has 1 aliphatic heterocycles. The van der Waals surface area contributed by atoms with Crippen molar-refractivity contribution in [3.05, 3.63) is 18.0 Å². The molecule has 0 bridgehead atoms. The number of nitrogens with one attached hydrogen (secondary N) is 1. The van der Waals surface area contributed by atoms with Gasteiger partial charge in [-0.2, -0.15) is 5.10 Å². The summed E-state index contributed by atoms with van der Waals surface area (Å²) in [6, 6.07) is 1.54. The molecule has 1 aromatic heterocycles. The van der Waals surface area contributed by atoms with Gasteiger partial charge in [0, 0.05) is 32.3 Å². The SMILES string of the molecule is Cn1ccc(CC(=O)CC2CS(=O)(=O)CCN2)n1. The van der Waals surface area contributed by atoms with Crippen molar-refractivity contribution in [2.75, 3.05) is 18.1 Å². The second-order valence-electron chi connectivity index (χ2n) is 4.67. The molecular formula is C11H17N3O3S. The molecule has 0 saturated carbocycles. The monoisotopic (exact) mass is 271 g/mol. The molecule has 1 fully saturated rings. The van der Waals surface area contributed by atoms with Crippen LogP contribution in [0.1, 0.15) is 12.1 Å². The largest absolute Gasteiger partial charge is 0.312 e. The van der Waals surface area contributed by atoms with Crippen LogP contribution < -0.4 is 5.32 Å². The summed E-state index contributed by atoms with van der Waals surface area (Å²) in [6.07, 6.45) is 2.29. The molecule has 1 saturated heterocycles. The molecule has 1 N–H and O–H groups in total. The summed E-state index contributed by atoms with van der Waals surface area (Å²) in [4.78, 5) is 11.8. The highest BCUT2D eigenvalue weighted by Gasteiger charge is 2.25. The minimum absolute atomic E-state index is 0.0169. The standard InChI is InChI=1S/C11H17N3O3S/c1-14-4-2-9(13-14)6-11(15)7-10-8-18(16,17)5-3-12-10/h2,4,10,12H,3,5-8H2,1H3. The molecule has 1 unspecified atom stereocenters. The summed E-state index contributed by atoms with van der Waals surface area (Å²) in [5, 5.41) is 7.20. The van der Waals surface area contributed by atoms with Crippen molar-refractivity contribution in [3.63, 3.8) is 0 Å². The maximum atomic E-state index is 11.8. The van der Waals surface area contributed by atoms with Crippen LogP contribution in [0.3, 0.4) is 0 Å². The minimum atomic E-state index is -2.98.